The number of anilines is 1. The van der Waals surface area contributed by atoms with Crippen LogP contribution < -0.4 is 5.73 Å². The Morgan fingerprint density at radius 2 is 2.06 bits per heavy atom. The van der Waals surface area contributed by atoms with Crippen molar-refractivity contribution in [3.05, 3.63) is 11.3 Å². The van der Waals surface area contributed by atoms with Crippen molar-refractivity contribution >= 4 is 15.8 Å². The average Bonchev–Trinajstić information content (AvgIpc) is 2.54. The molecule has 17 heavy (non-hydrogen) atoms. The van der Waals surface area contributed by atoms with Crippen molar-refractivity contribution in [1.29, 1.82) is 0 Å². The summed E-state index contributed by atoms with van der Waals surface area (Å²) in [5, 5.41) is 4.44. The van der Waals surface area contributed by atoms with Gasteiger partial charge in [0.05, 0.1) is 11.9 Å². The molecule has 0 amide bonds. The Kier molecular flexibility index (Phi) is 2.90. The van der Waals surface area contributed by atoms with Crippen LogP contribution in [0.2, 0.25) is 0 Å². The Hall–Kier alpha value is -1.08. The largest absolute Gasteiger partial charge is 0.384 e. The molecule has 6 nitrogen and oxygen atoms in total. The van der Waals surface area contributed by atoms with E-state index in [9.17, 15) is 8.42 Å². The lowest BCUT2D eigenvalue weighted by molar-refractivity contribution is 0.393. The van der Waals surface area contributed by atoms with E-state index in [-0.39, 0.29) is 6.04 Å². The smallest absolute Gasteiger partial charge is 0.211 e. The van der Waals surface area contributed by atoms with Gasteiger partial charge in [-0.05, 0) is 13.8 Å². The van der Waals surface area contributed by atoms with Crippen LogP contribution in [0, 0.1) is 0 Å². The summed E-state index contributed by atoms with van der Waals surface area (Å²) in [7, 11) is -3.16. The zero-order valence-electron chi connectivity index (χ0n) is 10.3. The molecule has 0 fully saturated rings. The van der Waals surface area contributed by atoms with E-state index >= 15 is 0 Å². The Labute approximate surface area is 101 Å². The lowest BCUT2D eigenvalue weighted by atomic mass is 10.1. The molecule has 0 aliphatic carbocycles. The number of rotatable bonds is 2. The molecule has 96 valence electrons. The maximum absolute atomic E-state index is 11.5. The van der Waals surface area contributed by atoms with Crippen molar-refractivity contribution in [2.24, 2.45) is 0 Å². The molecule has 1 aliphatic rings. The summed E-state index contributed by atoms with van der Waals surface area (Å²) in [5.41, 5.74) is 7.79. The lowest BCUT2D eigenvalue weighted by Gasteiger charge is -2.23. The normalized spacial score (nSPS) is 17.4. The summed E-state index contributed by atoms with van der Waals surface area (Å²) in [5.74, 6) is 0.586. The van der Waals surface area contributed by atoms with Gasteiger partial charge in [-0.15, -0.1) is 0 Å². The summed E-state index contributed by atoms with van der Waals surface area (Å²) >= 11 is 0. The minimum absolute atomic E-state index is 0.187. The van der Waals surface area contributed by atoms with E-state index in [2.05, 4.69) is 5.10 Å². The Morgan fingerprint density at radius 1 is 1.41 bits per heavy atom. The molecule has 0 unspecified atom stereocenters. The summed E-state index contributed by atoms with van der Waals surface area (Å²) in [6.07, 6.45) is 1.85. The molecule has 1 aliphatic heterocycles. The van der Waals surface area contributed by atoms with Crippen LogP contribution in [0.1, 0.15) is 31.1 Å². The van der Waals surface area contributed by atoms with Crippen molar-refractivity contribution in [1.82, 2.24) is 14.1 Å². The van der Waals surface area contributed by atoms with Crippen molar-refractivity contribution in [2.45, 2.75) is 32.9 Å². The fourth-order valence-electron chi connectivity index (χ4n) is 2.07. The molecular formula is C10H18N4O2S. The van der Waals surface area contributed by atoms with Gasteiger partial charge < -0.3 is 5.73 Å². The van der Waals surface area contributed by atoms with Crippen LogP contribution in [0.25, 0.3) is 0 Å². The van der Waals surface area contributed by atoms with Gasteiger partial charge in [0.2, 0.25) is 10.0 Å². The van der Waals surface area contributed by atoms with Crippen molar-refractivity contribution < 1.29 is 8.42 Å². The van der Waals surface area contributed by atoms with E-state index in [4.69, 9.17) is 5.73 Å². The standard InChI is InChI=1S/C10H18N4O2S/c1-7(2)14-10(11)8-6-13(17(3,15)16)5-4-9(8)12-14/h7H,4-6,11H2,1-3H3. The van der Waals surface area contributed by atoms with Gasteiger partial charge in [0.15, 0.2) is 0 Å². The van der Waals surface area contributed by atoms with Gasteiger partial charge in [0.1, 0.15) is 5.82 Å². The van der Waals surface area contributed by atoms with Gasteiger partial charge >= 0.3 is 0 Å². The molecule has 0 saturated carbocycles. The first-order valence-corrected chi connectivity index (χ1v) is 7.46. The predicted molar refractivity (Wildman–Crippen MR) is 66.0 cm³/mol. The van der Waals surface area contributed by atoms with Crippen LogP contribution in [0.15, 0.2) is 0 Å². The van der Waals surface area contributed by atoms with Gasteiger partial charge in [-0.1, -0.05) is 0 Å². The number of sulfonamides is 1. The molecule has 0 radical (unpaired) electrons. The number of nitrogens with two attached hydrogens (primary N) is 1. The quantitative estimate of drug-likeness (QED) is 0.830. The summed E-state index contributed by atoms with van der Waals surface area (Å²) in [6, 6.07) is 0.187. The molecule has 0 bridgehead atoms. The van der Waals surface area contributed by atoms with Gasteiger partial charge in [-0.2, -0.15) is 9.40 Å². The molecule has 1 aromatic rings. The van der Waals surface area contributed by atoms with Crippen LogP contribution in [0.5, 0.6) is 0 Å². The number of nitrogens with zero attached hydrogens (tertiary/aromatic N) is 3. The molecule has 0 spiro atoms. The third kappa shape index (κ3) is 2.16. The molecule has 1 aromatic heterocycles. The number of nitrogen functional groups attached to an aromatic ring is 1. The predicted octanol–water partition coefficient (Wildman–Crippen LogP) is 0.364. The van der Waals surface area contributed by atoms with E-state index in [1.165, 1.54) is 10.6 Å². The highest BCUT2D eigenvalue weighted by molar-refractivity contribution is 7.88. The van der Waals surface area contributed by atoms with Crippen LogP contribution in [-0.2, 0) is 23.0 Å². The number of fused-ring (bicyclic) bond motifs is 1. The van der Waals surface area contributed by atoms with Crippen LogP contribution >= 0.6 is 0 Å². The van der Waals surface area contributed by atoms with Crippen LogP contribution in [0.3, 0.4) is 0 Å². The summed E-state index contributed by atoms with van der Waals surface area (Å²) < 4.78 is 26.2. The summed E-state index contributed by atoms with van der Waals surface area (Å²) in [6.45, 7) is 4.83. The van der Waals surface area contributed by atoms with Crippen LogP contribution in [0.4, 0.5) is 5.82 Å². The first-order valence-electron chi connectivity index (χ1n) is 5.61. The highest BCUT2D eigenvalue weighted by atomic mass is 32.2. The zero-order valence-corrected chi connectivity index (χ0v) is 11.2. The second-order valence-corrected chi connectivity index (χ2v) is 6.68. The third-order valence-electron chi connectivity index (χ3n) is 3.02. The second kappa shape index (κ2) is 3.99. The van der Waals surface area contributed by atoms with Gasteiger partial charge in [0.25, 0.3) is 0 Å². The topological polar surface area (TPSA) is 81.2 Å². The van der Waals surface area contributed by atoms with Crippen molar-refractivity contribution in [3.8, 4) is 0 Å². The molecule has 2 rings (SSSR count). The minimum atomic E-state index is -3.16. The number of aromatic nitrogens is 2. The summed E-state index contributed by atoms with van der Waals surface area (Å²) in [4.78, 5) is 0. The van der Waals surface area contributed by atoms with E-state index in [0.717, 1.165) is 11.3 Å². The Bertz CT molecular complexity index is 533. The first kappa shape index (κ1) is 12.4. The monoisotopic (exact) mass is 258 g/mol. The molecule has 0 aromatic carbocycles. The SMILES string of the molecule is CC(C)n1nc2c(c1N)CN(S(C)(=O)=O)CC2. The molecule has 0 atom stereocenters. The fraction of sp³-hybridized carbons (Fsp3) is 0.700. The molecule has 7 heteroatoms. The van der Waals surface area contributed by atoms with Gasteiger partial charge in [-0.25, -0.2) is 13.1 Å². The number of hydrogen-bond acceptors (Lipinski definition) is 4. The van der Waals surface area contributed by atoms with Gasteiger partial charge in [0, 0.05) is 31.1 Å². The first-order chi connectivity index (χ1) is 7.80. The van der Waals surface area contributed by atoms with Gasteiger partial charge in [-0.3, -0.25) is 0 Å². The van der Waals surface area contributed by atoms with E-state index in [1.807, 2.05) is 13.8 Å². The van der Waals surface area contributed by atoms with Crippen LogP contribution in [-0.4, -0.2) is 35.3 Å². The minimum Gasteiger partial charge on any atom is -0.384 e. The average molecular weight is 258 g/mol. The molecule has 0 saturated heterocycles. The van der Waals surface area contributed by atoms with E-state index < -0.39 is 10.0 Å². The highest BCUT2D eigenvalue weighted by Crippen LogP contribution is 2.27. The molecule has 2 heterocycles. The Balaban J connectivity index is 2.38. The maximum atomic E-state index is 11.5. The fourth-order valence-corrected chi connectivity index (χ4v) is 2.85. The van der Waals surface area contributed by atoms with E-state index in [1.54, 1.807) is 4.68 Å². The third-order valence-corrected chi connectivity index (χ3v) is 4.27. The lowest BCUT2D eigenvalue weighted by Crippen LogP contribution is -2.35. The second-order valence-electron chi connectivity index (χ2n) is 4.70. The Morgan fingerprint density at radius 3 is 2.59 bits per heavy atom. The maximum Gasteiger partial charge on any atom is 0.211 e. The molecule has 2 N–H and O–H groups in total. The zero-order chi connectivity index (χ0) is 12.8. The number of hydrogen-bond donors (Lipinski definition) is 1. The van der Waals surface area contributed by atoms with Crippen molar-refractivity contribution in [3.63, 3.8) is 0 Å². The van der Waals surface area contributed by atoms with E-state index in [0.29, 0.717) is 25.3 Å². The highest BCUT2D eigenvalue weighted by Gasteiger charge is 2.28. The van der Waals surface area contributed by atoms with Crippen molar-refractivity contribution in [2.75, 3.05) is 18.5 Å². The molecular weight excluding hydrogens is 240 g/mol.